The maximum Gasteiger partial charge on any atom is 0.271 e. The highest BCUT2D eigenvalue weighted by atomic mass is 32.1. The van der Waals surface area contributed by atoms with Gasteiger partial charge in [-0.3, -0.25) is 18.9 Å². The van der Waals surface area contributed by atoms with Crippen LogP contribution < -0.4 is 21.0 Å². The van der Waals surface area contributed by atoms with Gasteiger partial charge in [0.1, 0.15) is 28.4 Å². The number of rotatable bonds is 6. The van der Waals surface area contributed by atoms with Crippen LogP contribution in [0.15, 0.2) is 33.9 Å². The fourth-order valence-electron chi connectivity index (χ4n) is 5.31. The van der Waals surface area contributed by atoms with Crippen LogP contribution in [-0.2, 0) is 0 Å². The monoisotopic (exact) mass is 508 g/mol. The van der Waals surface area contributed by atoms with Crippen LogP contribution in [0.25, 0.3) is 32.2 Å². The third kappa shape index (κ3) is 4.05. The molecule has 2 aromatic heterocycles. The fourth-order valence-corrected chi connectivity index (χ4v) is 6.24. The van der Waals surface area contributed by atoms with Gasteiger partial charge in [-0.1, -0.05) is 0 Å². The molecule has 2 fully saturated rings. The van der Waals surface area contributed by atoms with Crippen LogP contribution in [0.2, 0.25) is 0 Å². The molecule has 2 aliphatic rings. The molecular formula is C27H29FN4O3S. The molecule has 7 nitrogen and oxygen atoms in total. The number of pyridine rings is 1. The van der Waals surface area contributed by atoms with Crippen molar-refractivity contribution >= 4 is 32.7 Å². The molecule has 3 heterocycles. The number of fused-ring (bicyclic) bond motifs is 2. The molecule has 6 rings (SSSR count). The quantitative estimate of drug-likeness (QED) is 0.412. The van der Waals surface area contributed by atoms with E-state index in [1.165, 1.54) is 17.6 Å². The van der Waals surface area contributed by atoms with Crippen LogP contribution >= 0.6 is 11.5 Å². The van der Waals surface area contributed by atoms with Crippen LogP contribution in [0, 0.1) is 19.7 Å². The molecule has 2 N–H and O–H groups in total. The third-order valence-corrected chi connectivity index (χ3v) is 8.15. The minimum absolute atomic E-state index is 0.126. The summed E-state index contributed by atoms with van der Waals surface area (Å²) in [5, 5.41) is 3.73. The molecule has 2 aromatic carbocycles. The summed E-state index contributed by atoms with van der Waals surface area (Å²) in [4.78, 5) is 28.5. The molecule has 0 amide bonds. The summed E-state index contributed by atoms with van der Waals surface area (Å²) >= 11 is 1.18. The van der Waals surface area contributed by atoms with Gasteiger partial charge < -0.3 is 14.6 Å². The van der Waals surface area contributed by atoms with Gasteiger partial charge in [0.05, 0.1) is 5.52 Å². The first-order chi connectivity index (χ1) is 17.4. The first-order valence-electron chi connectivity index (χ1n) is 12.5. The lowest BCUT2D eigenvalue weighted by Crippen LogP contribution is -2.44. The minimum atomic E-state index is -0.473. The molecule has 0 unspecified atom stereocenters. The molecule has 0 spiro atoms. The summed E-state index contributed by atoms with van der Waals surface area (Å²) in [5.74, 6) is 0.364. The number of piperazine rings is 1. The van der Waals surface area contributed by atoms with E-state index in [0.717, 1.165) is 68.0 Å². The molecular weight excluding hydrogens is 479 g/mol. The van der Waals surface area contributed by atoms with Crippen molar-refractivity contribution < 1.29 is 9.13 Å². The number of benzene rings is 2. The normalized spacial score (nSPS) is 16.8. The number of aromatic nitrogens is 2. The summed E-state index contributed by atoms with van der Waals surface area (Å²) in [6.07, 6.45) is 1.95. The van der Waals surface area contributed by atoms with Crippen LogP contribution in [0.1, 0.15) is 30.0 Å². The Balaban J connectivity index is 1.38. The van der Waals surface area contributed by atoms with E-state index >= 15 is 4.39 Å². The van der Waals surface area contributed by atoms with Crippen LogP contribution in [0.5, 0.6) is 5.75 Å². The number of aromatic amines is 1. The molecule has 0 bridgehead atoms. The van der Waals surface area contributed by atoms with Gasteiger partial charge in [-0.15, -0.1) is 0 Å². The lowest BCUT2D eigenvalue weighted by atomic mass is 9.97. The molecule has 1 aliphatic heterocycles. The van der Waals surface area contributed by atoms with Crippen molar-refractivity contribution in [3.63, 3.8) is 0 Å². The molecule has 1 saturated heterocycles. The first-order valence-corrected chi connectivity index (χ1v) is 13.3. The van der Waals surface area contributed by atoms with E-state index < -0.39 is 16.8 Å². The number of aryl methyl sites for hydroxylation is 2. The summed E-state index contributed by atoms with van der Waals surface area (Å²) < 4.78 is 26.3. The van der Waals surface area contributed by atoms with E-state index in [1.807, 2.05) is 30.5 Å². The van der Waals surface area contributed by atoms with E-state index in [4.69, 9.17) is 4.74 Å². The molecule has 9 heteroatoms. The van der Waals surface area contributed by atoms with Crippen molar-refractivity contribution in [1.82, 2.24) is 19.2 Å². The van der Waals surface area contributed by atoms with Gasteiger partial charge in [0.25, 0.3) is 5.56 Å². The van der Waals surface area contributed by atoms with Gasteiger partial charge in [-0.05, 0) is 79.2 Å². The molecule has 4 aromatic rings. The van der Waals surface area contributed by atoms with Gasteiger partial charge in [0.15, 0.2) is 0 Å². The highest BCUT2D eigenvalue weighted by Gasteiger charge is 2.29. The Hall–Kier alpha value is -3.01. The maximum absolute atomic E-state index is 15.5. The Morgan fingerprint density at radius 1 is 1.08 bits per heavy atom. The Labute approximate surface area is 211 Å². The molecule has 1 aliphatic carbocycles. The van der Waals surface area contributed by atoms with Gasteiger partial charge in [0.2, 0.25) is 5.43 Å². The first kappa shape index (κ1) is 23.4. The second-order valence-corrected chi connectivity index (χ2v) is 10.7. The summed E-state index contributed by atoms with van der Waals surface area (Å²) in [6, 6.07) is 7.18. The molecule has 188 valence electrons. The molecule has 36 heavy (non-hydrogen) atoms. The van der Waals surface area contributed by atoms with Crippen LogP contribution in [0.3, 0.4) is 0 Å². The second-order valence-electron chi connectivity index (χ2n) is 9.87. The second kappa shape index (κ2) is 9.14. The van der Waals surface area contributed by atoms with E-state index in [1.54, 1.807) is 6.07 Å². The van der Waals surface area contributed by atoms with Gasteiger partial charge in [0, 0.05) is 49.7 Å². The van der Waals surface area contributed by atoms with Crippen molar-refractivity contribution in [3.8, 4) is 16.9 Å². The number of hydrogen-bond acceptors (Lipinski definition) is 6. The Kier molecular flexibility index (Phi) is 5.94. The number of H-pyrrole nitrogens is 1. The molecule has 1 saturated carbocycles. The van der Waals surface area contributed by atoms with Crippen molar-refractivity contribution in [1.29, 1.82) is 0 Å². The zero-order valence-electron chi connectivity index (χ0n) is 20.4. The molecule has 0 atom stereocenters. The van der Waals surface area contributed by atoms with Crippen molar-refractivity contribution in [3.05, 3.63) is 61.8 Å². The summed E-state index contributed by atoms with van der Waals surface area (Å²) in [7, 11) is 0. The average molecular weight is 509 g/mol. The fraction of sp³-hybridized carbons (Fsp3) is 0.407. The topological polar surface area (TPSA) is 79.4 Å². The Morgan fingerprint density at radius 2 is 1.81 bits per heavy atom. The van der Waals surface area contributed by atoms with Crippen molar-refractivity contribution in [2.24, 2.45) is 0 Å². The van der Waals surface area contributed by atoms with E-state index in [9.17, 15) is 9.59 Å². The number of halogens is 1. The lowest BCUT2D eigenvalue weighted by molar-refractivity contribution is 0.190. The van der Waals surface area contributed by atoms with Crippen LogP contribution in [-0.4, -0.2) is 53.2 Å². The van der Waals surface area contributed by atoms with Crippen molar-refractivity contribution in [2.45, 2.75) is 32.7 Å². The number of nitrogens with zero attached hydrogens (tertiary/aromatic N) is 2. The van der Waals surface area contributed by atoms with E-state index in [-0.39, 0.29) is 16.8 Å². The smallest absolute Gasteiger partial charge is 0.271 e. The van der Waals surface area contributed by atoms with Gasteiger partial charge >= 0.3 is 0 Å². The van der Waals surface area contributed by atoms with E-state index in [0.29, 0.717) is 22.5 Å². The van der Waals surface area contributed by atoms with E-state index in [2.05, 4.69) is 14.6 Å². The maximum atomic E-state index is 15.5. The largest absolute Gasteiger partial charge is 0.492 e. The van der Waals surface area contributed by atoms with Gasteiger partial charge in [-0.25, -0.2) is 4.39 Å². The average Bonchev–Trinajstić information content (AvgIpc) is 3.63. The SMILES string of the molecule is Cc1cc(-c2cc3c(cc2F)c(=O)c2c(=O)[nH]sc2n3C2CC2)cc(C)c1OCCN1CCNCC1. The van der Waals surface area contributed by atoms with Crippen molar-refractivity contribution in [2.75, 3.05) is 39.3 Å². The highest BCUT2D eigenvalue weighted by Crippen LogP contribution is 2.41. The third-order valence-electron chi connectivity index (χ3n) is 7.26. The summed E-state index contributed by atoms with van der Waals surface area (Å²) in [5.41, 5.74) is 2.94. The Morgan fingerprint density at radius 3 is 2.50 bits per heavy atom. The zero-order valence-corrected chi connectivity index (χ0v) is 21.3. The lowest BCUT2D eigenvalue weighted by Gasteiger charge is -2.27. The number of nitrogens with one attached hydrogen (secondary N) is 2. The highest BCUT2D eigenvalue weighted by molar-refractivity contribution is 7.12. The number of hydrogen-bond donors (Lipinski definition) is 2. The minimum Gasteiger partial charge on any atom is -0.492 e. The predicted molar refractivity (Wildman–Crippen MR) is 142 cm³/mol. The predicted octanol–water partition coefficient (Wildman–Crippen LogP) is 3.95. The molecule has 0 radical (unpaired) electrons. The zero-order chi connectivity index (χ0) is 25.0. The summed E-state index contributed by atoms with van der Waals surface area (Å²) in [6.45, 7) is 9.51. The van der Waals surface area contributed by atoms with Crippen LogP contribution in [0.4, 0.5) is 4.39 Å². The Bertz CT molecular complexity index is 1570. The number of ether oxygens (including phenoxy) is 1. The van der Waals surface area contributed by atoms with Gasteiger partial charge in [-0.2, -0.15) is 0 Å². The standard InChI is InChI=1S/C27H29FN4O3S/c1-15-11-17(12-16(2)25(15)35-10-9-31-7-5-29-6-8-31)19-14-22-20(13-21(19)28)24(33)23-26(34)30-36-27(23)32(22)18-3-4-18/h11-14,18,29H,3-10H2,1-2H3,(H,30,34).